The van der Waals surface area contributed by atoms with Crippen LogP contribution in [0.2, 0.25) is 0 Å². The fourth-order valence-electron chi connectivity index (χ4n) is 1.87. The number of rotatable bonds is 4. The van der Waals surface area contributed by atoms with E-state index in [2.05, 4.69) is 9.97 Å². The number of benzene rings is 1. The Morgan fingerprint density at radius 2 is 1.95 bits per heavy atom. The summed E-state index contributed by atoms with van der Waals surface area (Å²) in [5.74, 6) is 1.63. The highest BCUT2D eigenvalue weighted by Gasteiger charge is 2.13. The number of hydrogen-bond acceptors (Lipinski definition) is 3. The monoisotopic (exact) mass is 384 g/mol. The van der Waals surface area contributed by atoms with Crippen molar-refractivity contribution in [2.24, 2.45) is 0 Å². The summed E-state index contributed by atoms with van der Waals surface area (Å²) >= 11 is 2.05. The number of aromatic nitrogens is 2. The molecule has 0 atom stereocenters. The summed E-state index contributed by atoms with van der Waals surface area (Å²) in [6, 6.07) is 7.57. The smallest absolute Gasteiger partial charge is 0.264 e. The van der Waals surface area contributed by atoms with Gasteiger partial charge in [-0.1, -0.05) is 13.8 Å². The zero-order chi connectivity index (χ0) is 14.7. The number of H-pyrrole nitrogens is 1. The van der Waals surface area contributed by atoms with E-state index >= 15 is 0 Å². The largest absolute Gasteiger partial charge is 0.494 e. The van der Waals surface area contributed by atoms with Crippen molar-refractivity contribution in [3.63, 3.8) is 0 Å². The number of hydrogen-bond donors (Lipinski definition) is 1. The Morgan fingerprint density at radius 1 is 1.30 bits per heavy atom. The van der Waals surface area contributed by atoms with Crippen LogP contribution in [-0.2, 0) is 0 Å². The van der Waals surface area contributed by atoms with Crippen molar-refractivity contribution >= 4 is 22.6 Å². The fourth-order valence-corrected chi connectivity index (χ4v) is 2.75. The van der Waals surface area contributed by atoms with Gasteiger partial charge in [0.2, 0.25) is 0 Å². The molecule has 5 heteroatoms. The molecular weight excluding hydrogens is 367 g/mol. The molecule has 0 aliphatic carbocycles. The van der Waals surface area contributed by atoms with Gasteiger partial charge in [0, 0.05) is 5.56 Å². The molecule has 20 heavy (non-hydrogen) atoms. The SMILES string of the molecule is CCOc1ccc(-c2nc(C(C)C)c(I)c(=O)[nH]2)cc1. The molecule has 0 saturated heterocycles. The van der Waals surface area contributed by atoms with Crippen molar-refractivity contribution < 1.29 is 4.74 Å². The molecule has 0 unspecified atom stereocenters. The fraction of sp³-hybridized carbons (Fsp3) is 0.333. The van der Waals surface area contributed by atoms with Crippen molar-refractivity contribution in [2.75, 3.05) is 6.61 Å². The molecule has 0 amide bonds. The third-order valence-electron chi connectivity index (χ3n) is 2.87. The average molecular weight is 384 g/mol. The number of nitrogens with zero attached hydrogens (tertiary/aromatic N) is 1. The zero-order valence-electron chi connectivity index (χ0n) is 11.7. The molecule has 0 fully saturated rings. The second-order valence-electron chi connectivity index (χ2n) is 4.73. The van der Waals surface area contributed by atoms with Crippen molar-refractivity contribution in [1.82, 2.24) is 9.97 Å². The lowest BCUT2D eigenvalue weighted by atomic mass is 10.1. The van der Waals surface area contributed by atoms with E-state index in [1.165, 1.54) is 0 Å². The molecule has 106 valence electrons. The average Bonchev–Trinajstić information content (AvgIpc) is 2.42. The van der Waals surface area contributed by atoms with E-state index in [1.807, 2.05) is 67.6 Å². The minimum Gasteiger partial charge on any atom is -0.494 e. The first-order valence-electron chi connectivity index (χ1n) is 6.55. The van der Waals surface area contributed by atoms with Gasteiger partial charge in [-0.2, -0.15) is 0 Å². The van der Waals surface area contributed by atoms with Crippen LogP contribution in [0.4, 0.5) is 0 Å². The number of nitrogens with one attached hydrogen (secondary N) is 1. The van der Waals surface area contributed by atoms with Gasteiger partial charge in [0.15, 0.2) is 0 Å². The molecule has 0 aliphatic rings. The van der Waals surface area contributed by atoms with E-state index < -0.39 is 0 Å². The van der Waals surface area contributed by atoms with Gasteiger partial charge in [-0.05, 0) is 59.7 Å². The predicted octanol–water partition coefficient (Wildman–Crippen LogP) is 3.56. The van der Waals surface area contributed by atoms with E-state index in [0.717, 1.165) is 17.0 Å². The van der Waals surface area contributed by atoms with Crippen molar-refractivity contribution in [3.8, 4) is 17.1 Å². The van der Waals surface area contributed by atoms with Gasteiger partial charge in [0.05, 0.1) is 15.9 Å². The molecule has 1 heterocycles. The summed E-state index contributed by atoms with van der Waals surface area (Å²) in [6.45, 7) is 6.65. The minimum atomic E-state index is -0.0896. The summed E-state index contributed by atoms with van der Waals surface area (Å²) < 4.78 is 6.07. The minimum absolute atomic E-state index is 0.0896. The first-order chi connectivity index (χ1) is 9.52. The van der Waals surface area contributed by atoms with E-state index in [9.17, 15) is 4.79 Å². The molecule has 0 spiro atoms. The molecular formula is C15H17IN2O2. The van der Waals surface area contributed by atoms with Crippen LogP contribution < -0.4 is 10.3 Å². The van der Waals surface area contributed by atoms with Gasteiger partial charge < -0.3 is 9.72 Å². The van der Waals surface area contributed by atoms with Crippen LogP contribution in [0.1, 0.15) is 32.4 Å². The second kappa shape index (κ2) is 6.39. The van der Waals surface area contributed by atoms with Gasteiger partial charge in [0.25, 0.3) is 5.56 Å². The zero-order valence-corrected chi connectivity index (χ0v) is 13.9. The topological polar surface area (TPSA) is 55.0 Å². The maximum atomic E-state index is 12.0. The summed E-state index contributed by atoms with van der Waals surface area (Å²) in [5.41, 5.74) is 1.62. The number of halogens is 1. The molecule has 2 aromatic rings. The second-order valence-corrected chi connectivity index (χ2v) is 5.80. The van der Waals surface area contributed by atoms with Crippen LogP contribution in [0.15, 0.2) is 29.1 Å². The molecule has 1 N–H and O–H groups in total. The highest BCUT2D eigenvalue weighted by molar-refractivity contribution is 14.1. The summed E-state index contributed by atoms with van der Waals surface area (Å²) in [7, 11) is 0. The Hall–Kier alpha value is -1.37. The van der Waals surface area contributed by atoms with Crippen LogP contribution >= 0.6 is 22.6 Å². The molecule has 1 aromatic heterocycles. The lowest BCUT2D eigenvalue weighted by Gasteiger charge is -2.10. The van der Waals surface area contributed by atoms with Crippen LogP contribution in [0.3, 0.4) is 0 Å². The molecule has 0 radical (unpaired) electrons. The Morgan fingerprint density at radius 3 is 2.50 bits per heavy atom. The normalized spacial score (nSPS) is 10.8. The first-order valence-corrected chi connectivity index (χ1v) is 7.63. The maximum absolute atomic E-state index is 12.0. The van der Waals surface area contributed by atoms with Crippen LogP contribution in [0.25, 0.3) is 11.4 Å². The molecule has 4 nitrogen and oxygen atoms in total. The van der Waals surface area contributed by atoms with E-state index in [0.29, 0.717) is 16.0 Å². The maximum Gasteiger partial charge on any atom is 0.264 e. The molecule has 0 aliphatic heterocycles. The molecule has 1 aromatic carbocycles. The first kappa shape index (κ1) is 15.0. The van der Waals surface area contributed by atoms with E-state index in [4.69, 9.17) is 4.74 Å². The van der Waals surface area contributed by atoms with Gasteiger partial charge in [-0.3, -0.25) is 4.79 Å². The van der Waals surface area contributed by atoms with Crippen molar-refractivity contribution in [2.45, 2.75) is 26.7 Å². The van der Waals surface area contributed by atoms with Crippen molar-refractivity contribution in [3.05, 3.63) is 43.9 Å². The number of ether oxygens (including phenoxy) is 1. The van der Waals surface area contributed by atoms with Gasteiger partial charge in [-0.25, -0.2) is 4.98 Å². The molecule has 2 rings (SSSR count). The standard InChI is InChI=1S/C15H17IN2O2/c1-4-20-11-7-5-10(6-8-11)14-17-13(9(2)3)12(16)15(19)18-14/h5-9H,4H2,1-3H3,(H,17,18,19). The van der Waals surface area contributed by atoms with Gasteiger partial charge in [0.1, 0.15) is 11.6 Å². The van der Waals surface area contributed by atoms with E-state index in [1.54, 1.807) is 0 Å². The van der Waals surface area contributed by atoms with E-state index in [-0.39, 0.29) is 11.5 Å². The summed E-state index contributed by atoms with van der Waals surface area (Å²) in [6.07, 6.45) is 0. The lowest BCUT2D eigenvalue weighted by Crippen LogP contribution is -2.17. The molecule has 0 bridgehead atoms. The third-order valence-corrected chi connectivity index (χ3v) is 3.92. The molecule has 0 saturated carbocycles. The summed E-state index contributed by atoms with van der Waals surface area (Å²) in [5, 5.41) is 0. The highest BCUT2D eigenvalue weighted by atomic mass is 127. The van der Waals surface area contributed by atoms with Crippen LogP contribution in [0, 0.1) is 3.57 Å². The summed E-state index contributed by atoms with van der Waals surface area (Å²) in [4.78, 5) is 19.4. The van der Waals surface area contributed by atoms with Crippen LogP contribution in [-0.4, -0.2) is 16.6 Å². The quantitative estimate of drug-likeness (QED) is 0.821. The predicted molar refractivity (Wildman–Crippen MR) is 88.3 cm³/mol. The Kier molecular flexibility index (Phi) is 4.80. The van der Waals surface area contributed by atoms with Gasteiger partial charge >= 0.3 is 0 Å². The highest BCUT2D eigenvalue weighted by Crippen LogP contribution is 2.22. The van der Waals surface area contributed by atoms with Crippen molar-refractivity contribution in [1.29, 1.82) is 0 Å². The Balaban J connectivity index is 2.44. The number of aromatic amines is 1. The Bertz CT molecular complexity index is 648. The van der Waals surface area contributed by atoms with Gasteiger partial charge in [-0.15, -0.1) is 0 Å². The third kappa shape index (κ3) is 3.20. The van der Waals surface area contributed by atoms with Crippen LogP contribution in [0.5, 0.6) is 5.75 Å². The lowest BCUT2D eigenvalue weighted by molar-refractivity contribution is 0.340. The Labute approximate surface area is 131 Å².